The van der Waals surface area contributed by atoms with Crippen molar-refractivity contribution in [3.05, 3.63) is 47.5 Å². The first-order valence-electron chi connectivity index (χ1n) is 9.18. The first kappa shape index (κ1) is 21.3. The smallest absolute Gasteiger partial charge is 0.244 e. The van der Waals surface area contributed by atoms with E-state index in [9.17, 15) is 9.59 Å². The molecule has 150 valence electrons. The Kier molecular flexibility index (Phi) is 7.04. The van der Waals surface area contributed by atoms with E-state index in [1.54, 1.807) is 25.3 Å². The van der Waals surface area contributed by atoms with Gasteiger partial charge >= 0.3 is 0 Å². The van der Waals surface area contributed by atoms with Crippen LogP contribution in [0, 0.1) is 6.92 Å². The molecule has 0 saturated heterocycles. The Morgan fingerprint density at radius 3 is 2.32 bits per heavy atom. The molecule has 0 aliphatic rings. The number of amides is 2. The van der Waals surface area contributed by atoms with Crippen molar-refractivity contribution < 1.29 is 19.1 Å². The molecule has 0 saturated carbocycles. The van der Waals surface area contributed by atoms with Gasteiger partial charge < -0.3 is 19.7 Å². The highest BCUT2D eigenvalue weighted by atomic mass is 16.5. The van der Waals surface area contributed by atoms with Gasteiger partial charge in [-0.05, 0) is 36.1 Å². The fraction of sp³-hybridized carbons (Fsp3) is 0.364. The molecule has 1 N–H and O–H groups in total. The van der Waals surface area contributed by atoms with Crippen LogP contribution in [-0.2, 0) is 9.59 Å². The predicted molar refractivity (Wildman–Crippen MR) is 111 cm³/mol. The summed E-state index contributed by atoms with van der Waals surface area (Å²) in [4.78, 5) is 26.4. The molecule has 2 amide bonds. The third-order valence-electron chi connectivity index (χ3n) is 4.55. The Morgan fingerprint density at radius 2 is 1.75 bits per heavy atom. The number of aryl methyl sites for hydroxylation is 1. The fourth-order valence-corrected chi connectivity index (χ4v) is 3.04. The summed E-state index contributed by atoms with van der Waals surface area (Å²) in [6.45, 7) is 7.44. The lowest BCUT2D eigenvalue weighted by Crippen LogP contribution is -2.37. The second-order valence-corrected chi connectivity index (χ2v) is 6.89. The first-order valence-corrected chi connectivity index (χ1v) is 9.18. The number of benzene rings is 2. The van der Waals surface area contributed by atoms with Crippen LogP contribution in [0.2, 0.25) is 0 Å². The van der Waals surface area contributed by atoms with Crippen LogP contribution in [0.1, 0.15) is 37.8 Å². The third kappa shape index (κ3) is 4.82. The standard InChI is InChI=1S/C22H28N2O4/c1-14(2)18-9-7-8-15(3)22(18)23-21(26)13-24(16(4)25)17-10-11-19(27-5)20(12-17)28-6/h7-12,14H,13H2,1-6H3,(H,23,26). The molecule has 28 heavy (non-hydrogen) atoms. The Bertz CT molecular complexity index is 862. The molecular weight excluding hydrogens is 356 g/mol. The first-order chi connectivity index (χ1) is 13.3. The summed E-state index contributed by atoms with van der Waals surface area (Å²) < 4.78 is 10.5. The van der Waals surface area contributed by atoms with Crippen LogP contribution in [0.4, 0.5) is 11.4 Å². The van der Waals surface area contributed by atoms with E-state index >= 15 is 0 Å². The number of anilines is 2. The van der Waals surface area contributed by atoms with Gasteiger partial charge in [0, 0.05) is 24.4 Å². The van der Waals surface area contributed by atoms with Gasteiger partial charge in [-0.15, -0.1) is 0 Å². The molecule has 0 spiro atoms. The van der Waals surface area contributed by atoms with Gasteiger partial charge in [-0.1, -0.05) is 32.0 Å². The van der Waals surface area contributed by atoms with Crippen LogP contribution in [-0.4, -0.2) is 32.6 Å². The van der Waals surface area contributed by atoms with Crippen molar-refractivity contribution in [2.24, 2.45) is 0 Å². The average Bonchev–Trinajstić information content (AvgIpc) is 2.66. The van der Waals surface area contributed by atoms with Crippen LogP contribution >= 0.6 is 0 Å². The van der Waals surface area contributed by atoms with E-state index in [-0.39, 0.29) is 24.3 Å². The van der Waals surface area contributed by atoms with E-state index in [2.05, 4.69) is 19.2 Å². The molecular formula is C22H28N2O4. The van der Waals surface area contributed by atoms with Crippen molar-refractivity contribution in [3.63, 3.8) is 0 Å². The summed E-state index contributed by atoms with van der Waals surface area (Å²) in [6.07, 6.45) is 0. The average molecular weight is 384 g/mol. The van der Waals surface area contributed by atoms with E-state index in [1.807, 2.05) is 25.1 Å². The van der Waals surface area contributed by atoms with Crippen molar-refractivity contribution in [2.75, 3.05) is 31.0 Å². The number of nitrogens with one attached hydrogen (secondary N) is 1. The maximum Gasteiger partial charge on any atom is 0.244 e. The maximum atomic E-state index is 12.7. The van der Waals surface area contributed by atoms with Gasteiger partial charge in [0.2, 0.25) is 11.8 Å². The molecule has 2 aromatic rings. The van der Waals surface area contributed by atoms with Gasteiger partial charge in [-0.3, -0.25) is 9.59 Å². The third-order valence-corrected chi connectivity index (χ3v) is 4.55. The highest BCUT2D eigenvalue weighted by Gasteiger charge is 2.19. The molecule has 0 radical (unpaired) electrons. The molecule has 2 aromatic carbocycles. The summed E-state index contributed by atoms with van der Waals surface area (Å²) >= 11 is 0. The molecule has 0 fully saturated rings. The van der Waals surface area contributed by atoms with Crippen molar-refractivity contribution in [1.82, 2.24) is 0 Å². The predicted octanol–water partition coefficient (Wildman–Crippen LogP) is 4.13. The number of hydrogen-bond donors (Lipinski definition) is 1. The minimum Gasteiger partial charge on any atom is -0.493 e. The van der Waals surface area contributed by atoms with Gasteiger partial charge in [-0.25, -0.2) is 0 Å². The van der Waals surface area contributed by atoms with Crippen LogP contribution in [0.3, 0.4) is 0 Å². The number of para-hydroxylation sites is 1. The lowest BCUT2D eigenvalue weighted by Gasteiger charge is -2.23. The zero-order valence-corrected chi connectivity index (χ0v) is 17.3. The summed E-state index contributed by atoms with van der Waals surface area (Å²) in [5.74, 6) is 0.815. The van der Waals surface area contributed by atoms with Crippen LogP contribution in [0.5, 0.6) is 11.5 Å². The van der Waals surface area contributed by atoms with Crippen molar-refractivity contribution in [1.29, 1.82) is 0 Å². The lowest BCUT2D eigenvalue weighted by molar-refractivity contribution is -0.120. The minimum atomic E-state index is -0.263. The van der Waals surface area contributed by atoms with Gasteiger partial charge in [0.05, 0.1) is 14.2 Å². The number of nitrogens with zero attached hydrogens (tertiary/aromatic N) is 1. The molecule has 0 unspecified atom stereocenters. The molecule has 0 bridgehead atoms. The number of methoxy groups -OCH3 is 2. The molecule has 0 atom stereocenters. The van der Waals surface area contributed by atoms with Crippen LogP contribution in [0.15, 0.2) is 36.4 Å². The van der Waals surface area contributed by atoms with E-state index in [0.717, 1.165) is 16.8 Å². The molecule has 0 aromatic heterocycles. The summed E-state index contributed by atoms with van der Waals surface area (Å²) in [7, 11) is 3.07. The van der Waals surface area contributed by atoms with Gasteiger partial charge in [0.25, 0.3) is 0 Å². The van der Waals surface area contributed by atoms with Crippen molar-refractivity contribution in [2.45, 2.75) is 33.6 Å². The van der Waals surface area contributed by atoms with Crippen molar-refractivity contribution >= 4 is 23.2 Å². The molecule has 2 rings (SSSR count). The zero-order valence-electron chi connectivity index (χ0n) is 17.3. The molecule has 6 heteroatoms. The normalized spacial score (nSPS) is 10.5. The largest absolute Gasteiger partial charge is 0.493 e. The SMILES string of the molecule is COc1ccc(N(CC(=O)Nc2c(C)cccc2C(C)C)C(C)=O)cc1OC. The van der Waals surface area contributed by atoms with Gasteiger partial charge in [-0.2, -0.15) is 0 Å². The Balaban J connectivity index is 2.27. The monoisotopic (exact) mass is 384 g/mol. The number of carbonyl (C=O) groups excluding carboxylic acids is 2. The second kappa shape index (κ2) is 9.26. The second-order valence-electron chi connectivity index (χ2n) is 6.89. The maximum absolute atomic E-state index is 12.7. The highest BCUT2D eigenvalue weighted by Crippen LogP contribution is 2.32. The van der Waals surface area contributed by atoms with E-state index in [4.69, 9.17) is 9.47 Å². The zero-order chi connectivity index (χ0) is 20.8. The Hall–Kier alpha value is -3.02. The van der Waals surface area contributed by atoms with E-state index in [1.165, 1.54) is 18.9 Å². The van der Waals surface area contributed by atoms with Gasteiger partial charge in [0.15, 0.2) is 11.5 Å². The van der Waals surface area contributed by atoms with Gasteiger partial charge in [0.1, 0.15) is 6.54 Å². The summed E-state index contributed by atoms with van der Waals surface area (Å²) in [6, 6.07) is 11.1. The molecule has 0 aliphatic heterocycles. The Morgan fingerprint density at radius 1 is 1.07 bits per heavy atom. The molecule has 0 aliphatic carbocycles. The Labute approximate surface area is 166 Å². The molecule has 0 heterocycles. The number of hydrogen-bond acceptors (Lipinski definition) is 4. The number of carbonyl (C=O) groups is 2. The number of ether oxygens (including phenoxy) is 2. The number of rotatable bonds is 7. The lowest BCUT2D eigenvalue weighted by atomic mass is 9.98. The van der Waals surface area contributed by atoms with E-state index in [0.29, 0.717) is 17.2 Å². The summed E-state index contributed by atoms with van der Waals surface area (Å²) in [5.41, 5.74) is 3.42. The quantitative estimate of drug-likeness (QED) is 0.779. The van der Waals surface area contributed by atoms with Crippen molar-refractivity contribution in [3.8, 4) is 11.5 Å². The molecule has 6 nitrogen and oxygen atoms in total. The van der Waals surface area contributed by atoms with E-state index < -0.39 is 0 Å². The topological polar surface area (TPSA) is 67.9 Å². The van der Waals surface area contributed by atoms with Crippen LogP contribution in [0.25, 0.3) is 0 Å². The highest BCUT2D eigenvalue weighted by molar-refractivity contribution is 6.02. The fourth-order valence-electron chi connectivity index (χ4n) is 3.04. The minimum absolute atomic E-state index is 0.101. The summed E-state index contributed by atoms with van der Waals surface area (Å²) in [5, 5.41) is 2.98. The van der Waals surface area contributed by atoms with Crippen LogP contribution < -0.4 is 19.7 Å².